The second kappa shape index (κ2) is 5.74. The van der Waals surface area contributed by atoms with Crippen LogP contribution in [0, 0.1) is 11.3 Å². The van der Waals surface area contributed by atoms with Gasteiger partial charge in [0.05, 0.1) is 12.3 Å². The molecule has 1 unspecified atom stereocenters. The monoisotopic (exact) mass is 295 g/mol. The minimum atomic E-state index is -0.881. The third-order valence-corrected chi connectivity index (χ3v) is 2.64. The van der Waals surface area contributed by atoms with Gasteiger partial charge >= 0.3 is 0 Å². The molecule has 2 aromatic rings. The molecular weight excluding hydrogens is 289 g/mol. The summed E-state index contributed by atoms with van der Waals surface area (Å²) in [6.45, 7) is 0. The van der Waals surface area contributed by atoms with Gasteiger partial charge in [-0.2, -0.15) is 5.26 Å². The molecule has 19 heavy (non-hydrogen) atoms. The van der Waals surface area contributed by atoms with Gasteiger partial charge in [0, 0.05) is 5.56 Å². The Labute approximate surface area is 118 Å². The first kappa shape index (κ1) is 13.4. The Morgan fingerprint density at radius 2 is 2.11 bits per heavy atom. The number of carbonyl (C=O) groups excluding carboxylic acids is 1. The van der Waals surface area contributed by atoms with E-state index in [1.165, 1.54) is 18.4 Å². The SMILES string of the molecule is N#CC(NC(=O)c1cc(Cl)nc(Cl)c1)c1ccco1. The lowest BCUT2D eigenvalue weighted by molar-refractivity contribution is 0.0941. The van der Waals surface area contributed by atoms with Gasteiger partial charge in [-0.15, -0.1) is 0 Å². The molecule has 2 heterocycles. The number of amides is 1. The molecule has 0 fully saturated rings. The number of hydrogen-bond donors (Lipinski definition) is 1. The topological polar surface area (TPSA) is 78.9 Å². The molecule has 1 N–H and O–H groups in total. The van der Waals surface area contributed by atoms with E-state index >= 15 is 0 Å². The zero-order chi connectivity index (χ0) is 13.8. The summed E-state index contributed by atoms with van der Waals surface area (Å²) in [6, 6.07) is 7.00. The number of hydrogen-bond acceptors (Lipinski definition) is 4. The quantitative estimate of drug-likeness (QED) is 0.883. The van der Waals surface area contributed by atoms with E-state index in [4.69, 9.17) is 32.9 Å². The highest BCUT2D eigenvalue weighted by molar-refractivity contribution is 6.33. The lowest BCUT2D eigenvalue weighted by atomic mass is 10.2. The molecule has 0 bridgehead atoms. The third kappa shape index (κ3) is 3.25. The Morgan fingerprint density at radius 1 is 1.42 bits per heavy atom. The van der Waals surface area contributed by atoms with Crippen LogP contribution in [0.1, 0.15) is 22.2 Å². The van der Waals surface area contributed by atoms with Crippen LogP contribution >= 0.6 is 23.2 Å². The van der Waals surface area contributed by atoms with Gasteiger partial charge in [-0.3, -0.25) is 4.79 Å². The minimum absolute atomic E-state index is 0.101. The third-order valence-electron chi connectivity index (χ3n) is 2.26. The van der Waals surface area contributed by atoms with Crippen molar-refractivity contribution >= 4 is 29.1 Å². The number of furan rings is 1. The summed E-state index contributed by atoms with van der Waals surface area (Å²) in [5.41, 5.74) is 0.219. The molecule has 2 rings (SSSR count). The van der Waals surface area contributed by atoms with Gasteiger partial charge in [0.1, 0.15) is 16.1 Å². The van der Waals surface area contributed by atoms with Crippen LogP contribution in [-0.4, -0.2) is 10.9 Å². The van der Waals surface area contributed by atoms with Crippen molar-refractivity contribution in [2.75, 3.05) is 0 Å². The van der Waals surface area contributed by atoms with E-state index in [-0.39, 0.29) is 15.9 Å². The number of pyridine rings is 1. The highest BCUT2D eigenvalue weighted by atomic mass is 35.5. The Morgan fingerprint density at radius 3 is 2.63 bits per heavy atom. The van der Waals surface area contributed by atoms with E-state index in [2.05, 4.69) is 10.3 Å². The molecule has 0 spiro atoms. The number of nitrogens with one attached hydrogen (secondary N) is 1. The molecule has 0 aliphatic rings. The normalized spacial score (nSPS) is 11.6. The van der Waals surface area contributed by atoms with Crippen molar-refractivity contribution in [2.24, 2.45) is 0 Å². The summed E-state index contributed by atoms with van der Waals surface area (Å²) in [5.74, 6) is -0.142. The van der Waals surface area contributed by atoms with Gasteiger partial charge in [-0.1, -0.05) is 23.2 Å². The van der Waals surface area contributed by atoms with Crippen LogP contribution in [0.25, 0.3) is 0 Å². The van der Waals surface area contributed by atoms with Crippen molar-refractivity contribution in [3.8, 4) is 6.07 Å². The smallest absolute Gasteiger partial charge is 0.252 e. The number of nitriles is 1. The minimum Gasteiger partial charge on any atom is -0.466 e. The molecule has 0 saturated heterocycles. The van der Waals surface area contributed by atoms with Crippen LogP contribution < -0.4 is 5.32 Å². The van der Waals surface area contributed by atoms with Crippen LogP contribution in [-0.2, 0) is 0 Å². The molecule has 0 radical (unpaired) electrons. The fourth-order valence-corrected chi connectivity index (χ4v) is 1.89. The van der Waals surface area contributed by atoms with Crippen molar-refractivity contribution < 1.29 is 9.21 Å². The Balaban J connectivity index is 2.19. The summed E-state index contributed by atoms with van der Waals surface area (Å²) in [4.78, 5) is 15.7. The average molecular weight is 296 g/mol. The molecule has 96 valence electrons. The Bertz CT molecular complexity index is 615. The summed E-state index contributed by atoms with van der Waals surface area (Å²) in [6.07, 6.45) is 1.42. The highest BCUT2D eigenvalue weighted by Crippen LogP contribution is 2.17. The molecule has 0 aromatic carbocycles. The van der Waals surface area contributed by atoms with Crippen molar-refractivity contribution in [1.82, 2.24) is 10.3 Å². The van der Waals surface area contributed by atoms with E-state index in [0.717, 1.165) is 0 Å². The second-order valence-corrected chi connectivity index (χ2v) is 4.33. The summed E-state index contributed by atoms with van der Waals surface area (Å²) >= 11 is 11.4. The lowest BCUT2D eigenvalue weighted by Gasteiger charge is -2.09. The van der Waals surface area contributed by atoms with Crippen LogP contribution in [0.15, 0.2) is 34.9 Å². The predicted molar refractivity (Wildman–Crippen MR) is 68.8 cm³/mol. The molecular formula is C12H7Cl2N3O2. The first-order valence-electron chi connectivity index (χ1n) is 5.17. The number of aromatic nitrogens is 1. The van der Waals surface area contributed by atoms with Gasteiger partial charge in [0.15, 0.2) is 6.04 Å². The predicted octanol–water partition coefficient (Wildman–Crippen LogP) is 2.98. The summed E-state index contributed by atoms with van der Waals surface area (Å²) < 4.78 is 5.07. The molecule has 7 heteroatoms. The number of halogens is 2. The van der Waals surface area contributed by atoms with Crippen molar-refractivity contribution in [3.63, 3.8) is 0 Å². The molecule has 0 aliphatic heterocycles. The molecule has 0 aliphatic carbocycles. The van der Waals surface area contributed by atoms with Gasteiger partial charge in [-0.05, 0) is 24.3 Å². The molecule has 2 aromatic heterocycles. The van der Waals surface area contributed by atoms with Crippen molar-refractivity contribution in [1.29, 1.82) is 5.26 Å². The maximum Gasteiger partial charge on any atom is 0.252 e. The summed E-state index contributed by atoms with van der Waals surface area (Å²) in [7, 11) is 0. The first-order chi connectivity index (χ1) is 9.10. The molecule has 5 nitrogen and oxygen atoms in total. The van der Waals surface area contributed by atoms with Gasteiger partial charge in [0.25, 0.3) is 5.91 Å². The van der Waals surface area contributed by atoms with Crippen LogP contribution in [0.2, 0.25) is 10.3 Å². The largest absolute Gasteiger partial charge is 0.466 e. The van der Waals surface area contributed by atoms with Gasteiger partial charge in [0.2, 0.25) is 0 Å². The van der Waals surface area contributed by atoms with Crippen LogP contribution in [0.3, 0.4) is 0 Å². The van der Waals surface area contributed by atoms with Crippen molar-refractivity contribution in [2.45, 2.75) is 6.04 Å². The van der Waals surface area contributed by atoms with Crippen LogP contribution in [0.5, 0.6) is 0 Å². The maximum atomic E-state index is 12.0. The Kier molecular flexibility index (Phi) is 4.05. The number of carbonyl (C=O) groups is 1. The zero-order valence-corrected chi connectivity index (χ0v) is 10.9. The molecule has 0 saturated carbocycles. The van der Waals surface area contributed by atoms with Crippen LogP contribution in [0.4, 0.5) is 0 Å². The lowest BCUT2D eigenvalue weighted by Crippen LogP contribution is -2.27. The van der Waals surface area contributed by atoms with Gasteiger partial charge < -0.3 is 9.73 Å². The molecule has 1 amide bonds. The maximum absolute atomic E-state index is 12.0. The molecule has 1 atom stereocenters. The fourth-order valence-electron chi connectivity index (χ4n) is 1.43. The zero-order valence-electron chi connectivity index (χ0n) is 9.43. The fraction of sp³-hybridized carbons (Fsp3) is 0.0833. The first-order valence-corrected chi connectivity index (χ1v) is 5.92. The van der Waals surface area contributed by atoms with Gasteiger partial charge in [-0.25, -0.2) is 4.98 Å². The van der Waals surface area contributed by atoms with E-state index in [1.807, 2.05) is 6.07 Å². The Hall–Kier alpha value is -2.03. The van der Waals surface area contributed by atoms with E-state index in [9.17, 15) is 4.79 Å². The van der Waals surface area contributed by atoms with E-state index in [1.54, 1.807) is 12.1 Å². The second-order valence-electron chi connectivity index (χ2n) is 3.55. The number of rotatable bonds is 3. The summed E-state index contributed by atoms with van der Waals surface area (Å²) in [5, 5.41) is 11.7. The van der Waals surface area contributed by atoms with E-state index < -0.39 is 11.9 Å². The van der Waals surface area contributed by atoms with Crippen molar-refractivity contribution in [3.05, 3.63) is 52.2 Å². The standard InChI is InChI=1S/C12H7Cl2N3O2/c13-10-4-7(5-11(14)17-10)12(18)16-8(6-15)9-2-1-3-19-9/h1-5,8H,(H,16,18). The average Bonchev–Trinajstić information content (AvgIpc) is 2.88. The van der Waals surface area contributed by atoms with E-state index in [0.29, 0.717) is 5.76 Å². The number of nitrogens with zero attached hydrogens (tertiary/aromatic N) is 2. The highest BCUT2D eigenvalue weighted by Gasteiger charge is 2.18.